The summed E-state index contributed by atoms with van der Waals surface area (Å²) in [5, 5.41) is 0. The monoisotopic (exact) mass is 226 g/mol. The molecule has 1 aliphatic rings. The molecule has 1 saturated carbocycles. The highest BCUT2D eigenvalue weighted by Gasteiger charge is 2.20. The van der Waals surface area contributed by atoms with Gasteiger partial charge in [-0.05, 0) is 44.7 Å². The molecule has 0 saturated heterocycles. The van der Waals surface area contributed by atoms with Crippen LogP contribution in [0.1, 0.15) is 58.8 Å². The van der Waals surface area contributed by atoms with Gasteiger partial charge in [-0.3, -0.25) is 0 Å². The van der Waals surface area contributed by atoms with E-state index in [9.17, 15) is 0 Å². The smallest absolute Gasteiger partial charge is 0.00952 e. The minimum Gasteiger partial charge on any atom is -0.330 e. The Morgan fingerprint density at radius 3 is 2.50 bits per heavy atom. The van der Waals surface area contributed by atoms with E-state index >= 15 is 0 Å². The van der Waals surface area contributed by atoms with Gasteiger partial charge in [0.2, 0.25) is 0 Å². The van der Waals surface area contributed by atoms with Crippen LogP contribution in [0.2, 0.25) is 0 Å². The van der Waals surface area contributed by atoms with E-state index in [1.54, 1.807) is 0 Å². The Morgan fingerprint density at radius 2 is 1.94 bits per heavy atom. The minimum atomic E-state index is 0.811. The lowest BCUT2D eigenvalue weighted by Gasteiger charge is -2.35. The highest BCUT2D eigenvalue weighted by molar-refractivity contribution is 4.76. The Labute approximate surface area is 102 Å². The highest BCUT2D eigenvalue weighted by atomic mass is 15.1. The summed E-state index contributed by atoms with van der Waals surface area (Å²) >= 11 is 0. The molecule has 1 aliphatic carbocycles. The van der Waals surface area contributed by atoms with Gasteiger partial charge in [0.15, 0.2) is 0 Å². The number of nitrogens with zero attached hydrogens (tertiary/aromatic N) is 1. The normalized spacial score (nSPS) is 20.2. The molecule has 0 aromatic carbocycles. The maximum atomic E-state index is 5.57. The number of rotatable bonds is 7. The van der Waals surface area contributed by atoms with E-state index < -0.39 is 0 Å². The molecular weight excluding hydrogens is 196 g/mol. The van der Waals surface area contributed by atoms with Crippen molar-refractivity contribution in [2.45, 2.75) is 64.8 Å². The molecule has 0 aromatic rings. The van der Waals surface area contributed by atoms with Crippen LogP contribution >= 0.6 is 0 Å². The molecule has 1 fully saturated rings. The van der Waals surface area contributed by atoms with Crippen LogP contribution in [0, 0.1) is 5.92 Å². The second-order valence-electron chi connectivity index (χ2n) is 5.42. The molecule has 0 aliphatic heterocycles. The van der Waals surface area contributed by atoms with Gasteiger partial charge >= 0.3 is 0 Å². The molecule has 0 spiro atoms. The maximum Gasteiger partial charge on any atom is 0.00952 e. The van der Waals surface area contributed by atoms with Crippen molar-refractivity contribution in [2.24, 2.45) is 11.7 Å². The number of hydrogen-bond donors (Lipinski definition) is 1. The average molecular weight is 226 g/mol. The molecule has 0 amide bonds. The van der Waals surface area contributed by atoms with Gasteiger partial charge in [-0.1, -0.05) is 33.1 Å². The van der Waals surface area contributed by atoms with Gasteiger partial charge in [0.1, 0.15) is 0 Å². The van der Waals surface area contributed by atoms with E-state index in [-0.39, 0.29) is 0 Å². The molecule has 2 heteroatoms. The first kappa shape index (κ1) is 14.0. The van der Waals surface area contributed by atoms with Crippen molar-refractivity contribution in [1.82, 2.24) is 4.90 Å². The summed E-state index contributed by atoms with van der Waals surface area (Å²) < 4.78 is 0. The molecule has 1 atom stereocenters. The van der Waals surface area contributed by atoms with Crippen LogP contribution in [0.25, 0.3) is 0 Å². The fraction of sp³-hybridized carbons (Fsp3) is 1.00. The Bertz CT molecular complexity index is 164. The van der Waals surface area contributed by atoms with E-state index in [0.29, 0.717) is 0 Å². The van der Waals surface area contributed by atoms with Gasteiger partial charge in [-0.25, -0.2) is 0 Å². The molecule has 0 bridgehead atoms. The van der Waals surface area contributed by atoms with Gasteiger partial charge in [0, 0.05) is 12.6 Å². The van der Waals surface area contributed by atoms with Gasteiger partial charge < -0.3 is 10.6 Å². The standard InChI is InChI=1S/C14H30N2/c1-3-16(12-13(2)8-7-11-15)14-9-5-4-6-10-14/h13-14H,3-12,15H2,1-2H3. The second-order valence-corrected chi connectivity index (χ2v) is 5.42. The first-order chi connectivity index (χ1) is 7.77. The summed E-state index contributed by atoms with van der Waals surface area (Å²) in [5.74, 6) is 0.811. The molecular formula is C14H30N2. The van der Waals surface area contributed by atoms with Crippen molar-refractivity contribution in [3.05, 3.63) is 0 Å². The third-order valence-electron chi connectivity index (χ3n) is 3.94. The molecule has 1 rings (SSSR count). The largest absolute Gasteiger partial charge is 0.330 e. The van der Waals surface area contributed by atoms with Crippen LogP contribution in [-0.2, 0) is 0 Å². The Kier molecular flexibility index (Phi) is 7.06. The summed E-state index contributed by atoms with van der Waals surface area (Å²) in [4.78, 5) is 2.71. The summed E-state index contributed by atoms with van der Waals surface area (Å²) in [7, 11) is 0. The second kappa shape index (κ2) is 8.08. The molecule has 16 heavy (non-hydrogen) atoms. The first-order valence-corrected chi connectivity index (χ1v) is 7.22. The van der Waals surface area contributed by atoms with Crippen molar-refractivity contribution < 1.29 is 0 Å². The SMILES string of the molecule is CCN(CC(C)CCCN)C1CCCCC1. The Balaban J connectivity index is 2.29. The van der Waals surface area contributed by atoms with E-state index in [1.807, 2.05) is 0 Å². The molecule has 0 radical (unpaired) electrons. The Morgan fingerprint density at radius 1 is 1.25 bits per heavy atom. The first-order valence-electron chi connectivity index (χ1n) is 7.22. The van der Waals surface area contributed by atoms with Crippen LogP contribution in [0.4, 0.5) is 0 Å². The van der Waals surface area contributed by atoms with Crippen molar-refractivity contribution in [2.75, 3.05) is 19.6 Å². The van der Waals surface area contributed by atoms with Crippen molar-refractivity contribution in [3.8, 4) is 0 Å². The Hall–Kier alpha value is -0.0800. The lowest BCUT2D eigenvalue weighted by atomic mass is 9.93. The fourth-order valence-electron chi connectivity index (χ4n) is 2.94. The number of hydrogen-bond acceptors (Lipinski definition) is 2. The van der Waals surface area contributed by atoms with Gasteiger partial charge in [0.05, 0.1) is 0 Å². The van der Waals surface area contributed by atoms with Crippen molar-refractivity contribution >= 4 is 0 Å². The van der Waals surface area contributed by atoms with E-state index in [2.05, 4.69) is 18.7 Å². The zero-order chi connectivity index (χ0) is 11.8. The van der Waals surface area contributed by atoms with E-state index in [1.165, 1.54) is 58.0 Å². The lowest BCUT2D eigenvalue weighted by Crippen LogP contribution is -2.39. The van der Waals surface area contributed by atoms with E-state index in [4.69, 9.17) is 5.73 Å². The zero-order valence-electron chi connectivity index (χ0n) is 11.3. The van der Waals surface area contributed by atoms with Crippen LogP contribution in [0.15, 0.2) is 0 Å². The summed E-state index contributed by atoms with van der Waals surface area (Å²) in [6.07, 6.45) is 9.67. The lowest BCUT2D eigenvalue weighted by molar-refractivity contribution is 0.141. The molecule has 2 N–H and O–H groups in total. The van der Waals surface area contributed by atoms with Crippen molar-refractivity contribution in [1.29, 1.82) is 0 Å². The minimum absolute atomic E-state index is 0.811. The van der Waals surface area contributed by atoms with Gasteiger partial charge in [-0.2, -0.15) is 0 Å². The average Bonchev–Trinajstić information content (AvgIpc) is 2.34. The third-order valence-corrected chi connectivity index (χ3v) is 3.94. The molecule has 2 nitrogen and oxygen atoms in total. The predicted molar refractivity (Wildman–Crippen MR) is 71.6 cm³/mol. The van der Waals surface area contributed by atoms with E-state index in [0.717, 1.165) is 18.5 Å². The third kappa shape index (κ3) is 4.84. The quantitative estimate of drug-likeness (QED) is 0.723. The van der Waals surface area contributed by atoms with Crippen LogP contribution in [-0.4, -0.2) is 30.6 Å². The van der Waals surface area contributed by atoms with Crippen LogP contribution < -0.4 is 5.73 Å². The molecule has 0 aromatic heterocycles. The van der Waals surface area contributed by atoms with Crippen LogP contribution in [0.3, 0.4) is 0 Å². The number of nitrogens with two attached hydrogens (primary N) is 1. The summed E-state index contributed by atoms with van der Waals surface area (Å²) in [6, 6.07) is 0.874. The summed E-state index contributed by atoms with van der Waals surface area (Å²) in [6.45, 7) is 8.03. The van der Waals surface area contributed by atoms with Crippen LogP contribution in [0.5, 0.6) is 0 Å². The highest BCUT2D eigenvalue weighted by Crippen LogP contribution is 2.23. The predicted octanol–water partition coefficient (Wildman–Crippen LogP) is 3.02. The summed E-state index contributed by atoms with van der Waals surface area (Å²) in [5.41, 5.74) is 5.57. The fourth-order valence-corrected chi connectivity index (χ4v) is 2.94. The van der Waals surface area contributed by atoms with Gasteiger partial charge in [-0.15, -0.1) is 0 Å². The molecule has 1 unspecified atom stereocenters. The van der Waals surface area contributed by atoms with Crippen molar-refractivity contribution in [3.63, 3.8) is 0 Å². The van der Waals surface area contributed by atoms with Gasteiger partial charge in [0.25, 0.3) is 0 Å². The zero-order valence-corrected chi connectivity index (χ0v) is 11.3. The molecule has 0 heterocycles. The maximum absolute atomic E-state index is 5.57. The topological polar surface area (TPSA) is 29.3 Å². The molecule has 96 valence electrons.